The summed E-state index contributed by atoms with van der Waals surface area (Å²) in [5.74, 6) is -19.6. The topological polar surface area (TPSA) is 77.3 Å². The maximum atomic E-state index is 15.9. The molecule has 6 aromatic heterocycles. The molecular weight excluding hydrogens is 960 g/mol. The number of nitrogens with zero attached hydrogens (tertiary/aromatic N) is 6. The average molecular weight is 972 g/mol. The first-order chi connectivity index (χ1) is 25.1. The molecule has 0 radical (unpaired) electrons. The van der Waals surface area contributed by atoms with Gasteiger partial charge in [-0.15, -0.1) is 0 Å². The number of aromatic nitrogens is 6. The van der Waals surface area contributed by atoms with Crippen LogP contribution in [0.2, 0.25) is 0 Å². The minimum absolute atomic E-state index is 0.00170. The summed E-state index contributed by atoms with van der Waals surface area (Å²) in [7, 11) is 0. The van der Waals surface area contributed by atoms with Crippen molar-refractivity contribution in [1.29, 1.82) is 0 Å². The molecule has 0 bridgehead atoms. The van der Waals surface area contributed by atoms with E-state index in [0.29, 0.717) is 17.7 Å². The van der Waals surface area contributed by atoms with Gasteiger partial charge < -0.3 is 0 Å². The second-order valence-electron chi connectivity index (χ2n) is 10.5. The van der Waals surface area contributed by atoms with E-state index in [1.54, 1.807) is 48.5 Å². The van der Waals surface area contributed by atoms with Crippen LogP contribution >= 0.6 is 0 Å². The van der Waals surface area contributed by atoms with Gasteiger partial charge in [0.15, 0.2) is 0 Å². The van der Waals surface area contributed by atoms with Gasteiger partial charge in [0.1, 0.15) is 0 Å². The van der Waals surface area contributed by atoms with Gasteiger partial charge in [0, 0.05) is 0 Å². The molecule has 0 unspecified atom stereocenters. The van der Waals surface area contributed by atoms with Gasteiger partial charge in [-0.05, 0) is 0 Å². The van der Waals surface area contributed by atoms with Crippen LogP contribution in [0.15, 0.2) is 68.3 Å². The zero-order valence-electron chi connectivity index (χ0n) is 25.3. The molecule has 18 heteroatoms. The van der Waals surface area contributed by atoms with Crippen LogP contribution in [0.4, 0.5) is 35.1 Å². The van der Waals surface area contributed by atoms with Gasteiger partial charge in [-0.3, -0.25) is 0 Å². The van der Waals surface area contributed by atoms with Crippen molar-refractivity contribution < 1.29 is 35.1 Å². The molecule has 52 heavy (non-hydrogen) atoms. The van der Waals surface area contributed by atoms with Crippen molar-refractivity contribution in [1.82, 2.24) is 29.9 Å². The van der Waals surface area contributed by atoms with Crippen molar-refractivity contribution in [2.45, 2.75) is 0 Å². The molecule has 0 saturated carbocycles. The van der Waals surface area contributed by atoms with Crippen LogP contribution in [0.25, 0.3) is 74.9 Å². The molecular formula is C34H12F8N6Se4. The first kappa shape index (κ1) is 35.0. The zero-order chi connectivity index (χ0) is 36.3. The summed E-state index contributed by atoms with van der Waals surface area (Å²) >= 11 is -1.06. The quantitative estimate of drug-likeness (QED) is 0.0968. The van der Waals surface area contributed by atoms with Crippen LogP contribution in [0.5, 0.6) is 0 Å². The van der Waals surface area contributed by atoms with Gasteiger partial charge in [0.05, 0.1) is 0 Å². The van der Waals surface area contributed by atoms with E-state index in [1.807, 2.05) is 19.8 Å². The standard InChI is InChI=1S/C34H12F8N6Se4/c35-21-17(22(36)26(40)19(25(21)39)33-45-29(13-5-1-9-49-13)43-30(46-33)14-6-2-10-50-14)18-23(37)27(41)20(28(42)24(18)38)34-47-31(15-7-3-11-51-15)44-32(48-34)16-8-4-12-52-16/h1-12H. The second-order valence-corrected chi connectivity index (χ2v) is 18.5. The van der Waals surface area contributed by atoms with Crippen LogP contribution < -0.4 is 0 Å². The van der Waals surface area contributed by atoms with Crippen LogP contribution in [-0.4, -0.2) is 87.9 Å². The summed E-state index contributed by atoms with van der Waals surface area (Å²) in [5.41, 5.74) is -6.84. The second kappa shape index (κ2) is 14.0. The van der Waals surface area contributed by atoms with E-state index in [1.165, 1.54) is 0 Å². The Labute approximate surface area is 311 Å². The third-order valence-electron chi connectivity index (χ3n) is 7.46. The molecule has 0 amide bonds. The fraction of sp³-hybridized carbons (Fsp3) is 0. The van der Waals surface area contributed by atoms with Gasteiger partial charge in [-0.25, -0.2) is 0 Å². The van der Waals surface area contributed by atoms with Crippen molar-refractivity contribution in [2.75, 3.05) is 0 Å². The fourth-order valence-corrected chi connectivity index (χ4v) is 10.7. The molecule has 8 rings (SSSR count). The van der Waals surface area contributed by atoms with Gasteiger partial charge in [-0.1, -0.05) is 0 Å². The Morgan fingerprint density at radius 2 is 0.500 bits per heavy atom. The van der Waals surface area contributed by atoms with Gasteiger partial charge in [0.2, 0.25) is 0 Å². The Morgan fingerprint density at radius 3 is 0.712 bits per heavy atom. The van der Waals surface area contributed by atoms with Crippen molar-refractivity contribution in [2.24, 2.45) is 0 Å². The minimum atomic E-state index is -2.34. The van der Waals surface area contributed by atoms with E-state index in [0.717, 1.165) is 0 Å². The molecule has 0 spiro atoms. The number of hydrogen-bond donors (Lipinski definition) is 0. The van der Waals surface area contributed by atoms with E-state index in [4.69, 9.17) is 0 Å². The Bertz CT molecular complexity index is 2270. The molecule has 6 heterocycles. The summed E-state index contributed by atoms with van der Waals surface area (Å²) in [6.07, 6.45) is 0. The first-order valence-electron chi connectivity index (χ1n) is 14.5. The molecule has 2 aromatic carbocycles. The number of hydrogen-bond acceptors (Lipinski definition) is 6. The molecule has 0 N–H and O–H groups in total. The fourth-order valence-electron chi connectivity index (χ4n) is 5.13. The third-order valence-corrected chi connectivity index (χ3v) is 14.7. The molecule has 0 aliphatic heterocycles. The Hall–Kier alpha value is -4.10. The zero-order valence-corrected chi connectivity index (χ0v) is 32.1. The van der Waals surface area contributed by atoms with Crippen molar-refractivity contribution in [3.8, 4) is 74.9 Å². The van der Waals surface area contributed by atoms with Crippen molar-refractivity contribution in [3.63, 3.8) is 0 Å². The third kappa shape index (κ3) is 6.03. The van der Waals surface area contributed by atoms with Crippen LogP contribution in [0.3, 0.4) is 0 Å². The van der Waals surface area contributed by atoms with Gasteiger partial charge in [-0.2, -0.15) is 0 Å². The summed E-state index contributed by atoms with van der Waals surface area (Å²) < 4.78 is 129. The van der Waals surface area contributed by atoms with Crippen molar-refractivity contribution >= 4 is 58.0 Å². The van der Waals surface area contributed by atoms with E-state index < -0.39 is 80.4 Å². The van der Waals surface area contributed by atoms with Crippen LogP contribution in [-0.2, 0) is 0 Å². The van der Waals surface area contributed by atoms with E-state index in [2.05, 4.69) is 29.9 Å². The Kier molecular flexibility index (Phi) is 9.44. The number of benzene rings is 2. The predicted molar refractivity (Wildman–Crippen MR) is 179 cm³/mol. The van der Waals surface area contributed by atoms with Crippen LogP contribution in [0.1, 0.15) is 0 Å². The maximum absolute atomic E-state index is 15.9. The molecule has 0 aliphatic carbocycles. The molecule has 8 aromatic rings. The Morgan fingerprint density at radius 1 is 0.288 bits per heavy atom. The monoisotopic (exact) mass is 976 g/mol. The van der Waals surface area contributed by atoms with E-state index >= 15 is 35.1 Å². The van der Waals surface area contributed by atoms with Gasteiger partial charge in [0.25, 0.3) is 0 Å². The number of rotatable bonds is 7. The predicted octanol–water partition coefficient (Wildman–Crippen LogP) is 7.07. The summed E-state index contributed by atoms with van der Waals surface area (Å²) in [4.78, 5) is 32.3. The first-order valence-corrected chi connectivity index (χ1v) is 21.9. The van der Waals surface area contributed by atoms with E-state index in [-0.39, 0.29) is 81.3 Å². The molecule has 258 valence electrons. The normalized spacial score (nSPS) is 11.5. The van der Waals surface area contributed by atoms with Crippen LogP contribution in [0, 0.1) is 46.5 Å². The average Bonchev–Trinajstić information content (AvgIpc) is 3.99. The molecule has 0 saturated heterocycles. The molecule has 0 aliphatic rings. The Balaban J connectivity index is 1.31. The molecule has 0 atom stereocenters. The molecule has 6 nitrogen and oxygen atoms in total. The van der Waals surface area contributed by atoms with E-state index in [9.17, 15) is 0 Å². The van der Waals surface area contributed by atoms with Crippen molar-refractivity contribution in [3.05, 3.63) is 115 Å². The summed E-state index contributed by atoms with van der Waals surface area (Å²) in [6, 6.07) is 13.5. The summed E-state index contributed by atoms with van der Waals surface area (Å²) in [5, 5.41) is 0. The van der Waals surface area contributed by atoms with Gasteiger partial charge >= 0.3 is 313 Å². The molecule has 0 fully saturated rings. The SMILES string of the molecule is Fc1c(F)c(-c2c(F)c(F)c(-c3nc(-c4ccc[se]4)nc(-c4ccc[se]4)n3)c(F)c2F)c(F)c(F)c1-c1nc(-c2ccc[se]2)nc(-c2ccc[se]2)n1. The number of halogens is 8. The summed E-state index contributed by atoms with van der Waals surface area (Å²) in [6.45, 7) is 0.